The molecule has 0 atom stereocenters. The van der Waals surface area contributed by atoms with Crippen molar-refractivity contribution in [3.05, 3.63) is 76.3 Å². The molecule has 0 aliphatic carbocycles. The number of aromatic nitrogens is 1. The van der Waals surface area contributed by atoms with Crippen LogP contribution in [0.3, 0.4) is 0 Å². The van der Waals surface area contributed by atoms with Gasteiger partial charge < -0.3 is 10.2 Å². The van der Waals surface area contributed by atoms with Gasteiger partial charge in [-0.15, -0.1) is 11.3 Å². The van der Waals surface area contributed by atoms with Crippen molar-refractivity contribution < 1.29 is 9.59 Å². The Morgan fingerprint density at radius 2 is 1.75 bits per heavy atom. The summed E-state index contributed by atoms with van der Waals surface area (Å²) in [5, 5.41) is 5.46. The first-order valence-corrected chi connectivity index (χ1v) is 9.90. The van der Waals surface area contributed by atoms with Crippen LogP contribution in [-0.4, -0.2) is 35.8 Å². The second-order valence-corrected chi connectivity index (χ2v) is 7.57. The van der Waals surface area contributed by atoms with E-state index in [-0.39, 0.29) is 18.2 Å². The van der Waals surface area contributed by atoms with E-state index in [1.807, 2.05) is 29.6 Å². The Morgan fingerprint density at radius 3 is 2.39 bits per heavy atom. The first-order valence-electron chi connectivity index (χ1n) is 9.02. The minimum Gasteiger partial charge on any atom is -0.355 e. The van der Waals surface area contributed by atoms with Crippen molar-refractivity contribution in [3.8, 4) is 10.6 Å². The van der Waals surface area contributed by atoms with E-state index in [1.54, 1.807) is 42.5 Å². The van der Waals surface area contributed by atoms with Crippen LogP contribution in [0.2, 0.25) is 0 Å². The van der Waals surface area contributed by atoms with E-state index >= 15 is 0 Å². The van der Waals surface area contributed by atoms with Gasteiger partial charge in [0.05, 0.1) is 12.1 Å². The zero-order valence-electron chi connectivity index (χ0n) is 16.2. The third kappa shape index (κ3) is 4.84. The van der Waals surface area contributed by atoms with Crippen molar-refractivity contribution in [2.24, 2.45) is 0 Å². The molecular formula is C22H23N3O2S. The molecule has 0 saturated heterocycles. The number of carbonyl (C=O) groups is 2. The van der Waals surface area contributed by atoms with Gasteiger partial charge in [-0.3, -0.25) is 9.59 Å². The molecule has 1 aromatic heterocycles. The van der Waals surface area contributed by atoms with Crippen LogP contribution in [0, 0.1) is 6.92 Å². The number of hydrogen-bond donors (Lipinski definition) is 1. The number of benzene rings is 2. The Balaban J connectivity index is 1.60. The normalized spacial score (nSPS) is 10.5. The number of nitrogens with zero attached hydrogens (tertiary/aromatic N) is 2. The minimum absolute atomic E-state index is 0.0103. The maximum Gasteiger partial charge on any atom is 0.251 e. The fraction of sp³-hybridized carbons (Fsp3) is 0.227. The molecule has 0 spiro atoms. The predicted molar refractivity (Wildman–Crippen MR) is 112 cm³/mol. The van der Waals surface area contributed by atoms with Gasteiger partial charge in [0.2, 0.25) is 5.91 Å². The first kappa shape index (κ1) is 19.8. The molecule has 28 heavy (non-hydrogen) atoms. The van der Waals surface area contributed by atoms with Crippen LogP contribution in [0.15, 0.2) is 53.9 Å². The Bertz CT molecular complexity index is 962. The second-order valence-electron chi connectivity index (χ2n) is 6.71. The summed E-state index contributed by atoms with van der Waals surface area (Å²) >= 11 is 1.55. The molecule has 3 aromatic rings. The summed E-state index contributed by atoms with van der Waals surface area (Å²) in [7, 11) is 3.38. The number of carbonyl (C=O) groups excluding carboxylic acids is 2. The fourth-order valence-corrected chi connectivity index (χ4v) is 3.60. The first-order chi connectivity index (χ1) is 13.5. The lowest BCUT2D eigenvalue weighted by atomic mass is 10.1. The molecule has 2 amide bonds. The van der Waals surface area contributed by atoms with Crippen LogP contribution >= 0.6 is 11.3 Å². The summed E-state index contributed by atoms with van der Waals surface area (Å²) in [6.45, 7) is 2.54. The maximum absolute atomic E-state index is 12.6. The predicted octanol–water partition coefficient (Wildman–Crippen LogP) is 3.68. The molecule has 0 unspecified atom stereocenters. The maximum atomic E-state index is 12.6. The molecule has 0 aliphatic heterocycles. The van der Waals surface area contributed by atoms with E-state index in [4.69, 9.17) is 0 Å². The average molecular weight is 394 g/mol. The highest BCUT2D eigenvalue weighted by atomic mass is 32.1. The third-order valence-electron chi connectivity index (χ3n) is 4.47. The van der Waals surface area contributed by atoms with Gasteiger partial charge in [-0.1, -0.05) is 42.0 Å². The molecular weight excluding hydrogens is 370 g/mol. The van der Waals surface area contributed by atoms with Crippen LogP contribution < -0.4 is 5.32 Å². The van der Waals surface area contributed by atoms with Crippen molar-refractivity contribution in [3.63, 3.8) is 0 Å². The molecule has 0 bridgehead atoms. The van der Waals surface area contributed by atoms with Gasteiger partial charge in [0.15, 0.2) is 0 Å². The van der Waals surface area contributed by atoms with E-state index < -0.39 is 0 Å². The van der Waals surface area contributed by atoms with Crippen molar-refractivity contribution >= 4 is 23.2 Å². The topological polar surface area (TPSA) is 62.3 Å². The number of rotatable bonds is 6. The molecule has 0 saturated carbocycles. The summed E-state index contributed by atoms with van der Waals surface area (Å²) in [4.78, 5) is 30.4. The zero-order valence-corrected chi connectivity index (χ0v) is 17.0. The Labute approximate surface area is 169 Å². The summed E-state index contributed by atoms with van der Waals surface area (Å²) in [5.41, 5.74) is 4.64. The van der Waals surface area contributed by atoms with Gasteiger partial charge in [-0.2, -0.15) is 0 Å². The van der Waals surface area contributed by atoms with Gasteiger partial charge in [-0.05, 0) is 24.6 Å². The van der Waals surface area contributed by atoms with Crippen molar-refractivity contribution in [1.29, 1.82) is 0 Å². The molecule has 6 heteroatoms. The highest BCUT2D eigenvalue weighted by Crippen LogP contribution is 2.24. The Kier molecular flexibility index (Phi) is 6.21. The minimum atomic E-state index is -0.121. The van der Waals surface area contributed by atoms with E-state index in [1.165, 1.54) is 5.56 Å². The lowest BCUT2D eigenvalue weighted by molar-refractivity contribution is -0.129. The van der Waals surface area contributed by atoms with Crippen molar-refractivity contribution in [1.82, 2.24) is 15.2 Å². The molecule has 2 aromatic carbocycles. The largest absolute Gasteiger partial charge is 0.355 e. The van der Waals surface area contributed by atoms with Crippen LogP contribution in [-0.2, 0) is 17.8 Å². The highest BCUT2D eigenvalue weighted by Gasteiger charge is 2.14. The van der Waals surface area contributed by atoms with E-state index in [0.717, 1.165) is 21.8 Å². The Morgan fingerprint density at radius 1 is 1.07 bits per heavy atom. The second kappa shape index (κ2) is 8.80. The molecule has 3 rings (SSSR count). The molecule has 1 heterocycles. The van der Waals surface area contributed by atoms with E-state index in [9.17, 15) is 9.59 Å². The van der Waals surface area contributed by atoms with Gasteiger partial charge in [-0.25, -0.2) is 4.98 Å². The Hall–Kier alpha value is -2.99. The lowest BCUT2D eigenvalue weighted by Crippen LogP contribution is -2.27. The fourth-order valence-electron chi connectivity index (χ4n) is 2.77. The molecule has 0 radical (unpaired) electrons. The summed E-state index contributed by atoms with van der Waals surface area (Å²) < 4.78 is 0. The van der Waals surface area contributed by atoms with E-state index in [0.29, 0.717) is 12.1 Å². The highest BCUT2D eigenvalue weighted by molar-refractivity contribution is 7.13. The smallest absolute Gasteiger partial charge is 0.251 e. The number of amides is 2. The van der Waals surface area contributed by atoms with Gasteiger partial charge in [0.1, 0.15) is 5.01 Å². The molecule has 0 aliphatic rings. The molecule has 0 fully saturated rings. The van der Waals surface area contributed by atoms with Crippen LogP contribution in [0.25, 0.3) is 10.6 Å². The molecule has 144 valence electrons. The standard InChI is InChI=1S/C22H23N3O2S/c1-15-4-8-18(9-5-15)22-24-19(14-28-22)12-20(26)25(3)13-16-6-10-17(11-7-16)21(27)23-2/h4-11,14H,12-13H2,1-3H3,(H,23,27). The molecule has 1 N–H and O–H groups in total. The van der Waals surface area contributed by atoms with Gasteiger partial charge in [0, 0.05) is 37.1 Å². The monoisotopic (exact) mass is 393 g/mol. The van der Waals surface area contributed by atoms with E-state index in [2.05, 4.69) is 29.4 Å². The van der Waals surface area contributed by atoms with Crippen molar-refractivity contribution in [2.75, 3.05) is 14.1 Å². The number of hydrogen-bond acceptors (Lipinski definition) is 4. The lowest BCUT2D eigenvalue weighted by Gasteiger charge is -2.17. The molecule has 5 nitrogen and oxygen atoms in total. The van der Waals surface area contributed by atoms with Gasteiger partial charge in [0.25, 0.3) is 5.91 Å². The summed E-state index contributed by atoms with van der Waals surface area (Å²) in [6, 6.07) is 15.5. The third-order valence-corrected chi connectivity index (χ3v) is 5.41. The van der Waals surface area contributed by atoms with Crippen molar-refractivity contribution in [2.45, 2.75) is 19.9 Å². The number of aryl methyl sites for hydroxylation is 1. The van der Waals surface area contributed by atoms with Gasteiger partial charge >= 0.3 is 0 Å². The number of likely N-dealkylation sites (N-methyl/N-ethyl adjacent to an activating group) is 1. The number of nitrogens with one attached hydrogen (secondary N) is 1. The number of thiazole rings is 1. The summed E-state index contributed by atoms with van der Waals surface area (Å²) in [6.07, 6.45) is 0.273. The van der Waals surface area contributed by atoms with Crippen LogP contribution in [0.5, 0.6) is 0 Å². The van der Waals surface area contributed by atoms with Crippen LogP contribution in [0.1, 0.15) is 27.2 Å². The zero-order chi connectivity index (χ0) is 20.1. The average Bonchev–Trinajstić information content (AvgIpc) is 3.16. The quantitative estimate of drug-likeness (QED) is 0.695. The van der Waals surface area contributed by atoms with Crippen LogP contribution in [0.4, 0.5) is 0 Å². The summed E-state index contributed by atoms with van der Waals surface area (Å²) in [5.74, 6) is -0.111. The SMILES string of the molecule is CNC(=O)c1ccc(CN(C)C(=O)Cc2csc(-c3ccc(C)cc3)n2)cc1.